The Labute approximate surface area is 96.2 Å². The molecule has 1 aliphatic heterocycles. The first-order valence-corrected chi connectivity index (χ1v) is 5.82. The second kappa shape index (κ2) is 4.42. The van der Waals surface area contributed by atoms with E-state index in [9.17, 15) is 4.39 Å². The summed E-state index contributed by atoms with van der Waals surface area (Å²) in [5, 5.41) is 0. The van der Waals surface area contributed by atoms with Gasteiger partial charge in [-0.25, -0.2) is 4.39 Å². The van der Waals surface area contributed by atoms with Crippen LogP contribution in [0.1, 0.15) is 19.4 Å². The highest BCUT2D eigenvalue weighted by molar-refractivity contribution is 5.41. The van der Waals surface area contributed by atoms with E-state index in [1.165, 1.54) is 0 Å². The smallest absolute Gasteiger partial charge is 0.146 e. The highest BCUT2D eigenvalue weighted by atomic mass is 19.1. The van der Waals surface area contributed by atoms with Gasteiger partial charge in [-0.15, -0.1) is 0 Å². The Kier molecular flexibility index (Phi) is 3.15. The molecule has 0 amide bonds. The fraction of sp³-hybridized carbons (Fsp3) is 0.538. The molecule has 1 heterocycles. The monoisotopic (exact) mass is 222 g/mol. The summed E-state index contributed by atoms with van der Waals surface area (Å²) in [7, 11) is 0. The van der Waals surface area contributed by atoms with E-state index in [1.807, 2.05) is 6.07 Å². The molecular formula is C13H19FN2. The van der Waals surface area contributed by atoms with Crippen LogP contribution in [0.5, 0.6) is 0 Å². The van der Waals surface area contributed by atoms with Gasteiger partial charge in [0.25, 0.3) is 0 Å². The van der Waals surface area contributed by atoms with Crippen molar-refractivity contribution in [3.63, 3.8) is 0 Å². The zero-order valence-corrected chi connectivity index (χ0v) is 9.91. The van der Waals surface area contributed by atoms with Gasteiger partial charge in [-0.1, -0.05) is 19.9 Å². The second-order valence-electron chi connectivity index (χ2n) is 5.00. The lowest BCUT2D eigenvalue weighted by molar-refractivity contribution is 0.315. The molecular weight excluding hydrogens is 203 g/mol. The number of rotatable bonds is 2. The molecule has 2 rings (SSSR count). The number of nitrogens with two attached hydrogens (primary N) is 1. The van der Waals surface area contributed by atoms with Crippen LogP contribution in [0.3, 0.4) is 0 Å². The lowest BCUT2D eigenvalue weighted by Crippen LogP contribution is -2.20. The minimum Gasteiger partial charge on any atom is -0.396 e. The summed E-state index contributed by atoms with van der Waals surface area (Å²) in [6, 6.07) is 5.10. The maximum absolute atomic E-state index is 13.3. The van der Waals surface area contributed by atoms with Crippen molar-refractivity contribution < 1.29 is 4.39 Å². The van der Waals surface area contributed by atoms with Crippen molar-refractivity contribution in [1.82, 2.24) is 4.90 Å². The first-order chi connectivity index (χ1) is 7.56. The normalized spacial score (nSPS) is 26.2. The average Bonchev–Trinajstić information content (AvgIpc) is 2.52. The van der Waals surface area contributed by atoms with Gasteiger partial charge in [0.1, 0.15) is 5.82 Å². The number of anilines is 1. The van der Waals surface area contributed by atoms with Crippen LogP contribution in [0, 0.1) is 17.7 Å². The SMILES string of the molecule is CC1CN(Cc2ccc(N)c(F)c2)CC1C. The van der Waals surface area contributed by atoms with E-state index < -0.39 is 0 Å². The number of hydrogen-bond acceptors (Lipinski definition) is 2. The first-order valence-electron chi connectivity index (χ1n) is 5.82. The molecule has 0 spiro atoms. The Morgan fingerprint density at radius 1 is 1.31 bits per heavy atom. The first kappa shape index (κ1) is 11.4. The lowest BCUT2D eigenvalue weighted by Gasteiger charge is -2.15. The lowest BCUT2D eigenvalue weighted by atomic mass is 10.0. The topological polar surface area (TPSA) is 29.3 Å². The molecule has 2 nitrogen and oxygen atoms in total. The van der Waals surface area contributed by atoms with Gasteiger partial charge in [-0.3, -0.25) is 4.90 Å². The summed E-state index contributed by atoms with van der Waals surface area (Å²) in [6.07, 6.45) is 0. The summed E-state index contributed by atoms with van der Waals surface area (Å²) in [4.78, 5) is 2.38. The minimum absolute atomic E-state index is 0.229. The number of nitrogen functional groups attached to an aromatic ring is 1. The van der Waals surface area contributed by atoms with Gasteiger partial charge in [-0.2, -0.15) is 0 Å². The Hall–Kier alpha value is -1.09. The van der Waals surface area contributed by atoms with Gasteiger partial charge >= 0.3 is 0 Å². The van der Waals surface area contributed by atoms with E-state index in [1.54, 1.807) is 12.1 Å². The number of benzene rings is 1. The highest BCUT2D eigenvalue weighted by Gasteiger charge is 2.25. The third-order valence-corrected chi connectivity index (χ3v) is 3.53. The zero-order valence-electron chi connectivity index (χ0n) is 9.91. The fourth-order valence-corrected chi connectivity index (χ4v) is 2.31. The van der Waals surface area contributed by atoms with Crippen LogP contribution in [0.2, 0.25) is 0 Å². The number of likely N-dealkylation sites (tertiary alicyclic amines) is 1. The van der Waals surface area contributed by atoms with Gasteiger partial charge in [0.15, 0.2) is 0 Å². The van der Waals surface area contributed by atoms with E-state index in [2.05, 4.69) is 18.7 Å². The molecule has 1 saturated heterocycles. The molecule has 1 aromatic rings. The van der Waals surface area contributed by atoms with Crippen LogP contribution >= 0.6 is 0 Å². The van der Waals surface area contributed by atoms with E-state index >= 15 is 0 Å². The maximum Gasteiger partial charge on any atom is 0.146 e. The molecule has 1 aliphatic rings. The predicted molar refractivity (Wildman–Crippen MR) is 64.4 cm³/mol. The van der Waals surface area contributed by atoms with Crippen LogP contribution in [0.15, 0.2) is 18.2 Å². The van der Waals surface area contributed by atoms with Gasteiger partial charge in [0.05, 0.1) is 5.69 Å². The molecule has 2 unspecified atom stereocenters. The van der Waals surface area contributed by atoms with Crippen molar-refractivity contribution in [1.29, 1.82) is 0 Å². The van der Waals surface area contributed by atoms with Gasteiger partial charge in [0.2, 0.25) is 0 Å². The summed E-state index contributed by atoms with van der Waals surface area (Å²) in [6.45, 7) is 7.58. The predicted octanol–water partition coefficient (Wildman–Crippen LogP) is 2.50. The molecule has 0 bridgehead atoms. The molecule has 1 fully saturated rings. The van der Waals surface area contributed by atoms with Crippen LogP contribution in [0.4, 0.5) is 10.1 Å². The van der Waals surface area contributed by atoms with Crippen molar-refractivity contribution >= 4 is 5.69 Å². The molecule has 0 aromatic heterocycles. The van der Waals surface area contributed by atoms with Gasteiger partial charge in [0, 0.05) is 19.6 Å². The number of hydrogen-bond donors (Lipinski definition) is 1. The molecule has 0 radical (unpaired) electrons. The third kappa shape index (κ3) is 2.35. The van der Waals surface area contributed by atoms with Gasteiger partial charge in [-0.05, 0) is 29.5 Å². The van der Waals surface area contributed by atoms with E-state index in [4.69, 9.17) is 5.73 Å². The molecule has 0 aliphatic carbocycles. The molecule has 1 aromatic carbocycles. The van der Waals surface area contributed by atoms with Crippen molar-refractivity contribution in [2.75, 3.05) is 18.8 Å². The van der Waals surface area contributed by atoms with Crippen LogP contribution in [-0.4, -0.2) is 18.0 Å². The Balaban J connectivity index is 2.02. The van der Waals surface area contributed by atoms with Crippen LogP contribution < -0.4 is 5.73 Å². The number of halogens is 1. The number of nitrogens with zero attached hydrogens (tertiary/aromatic N) is 1. The van der Waals surface area contributed by atoms with E-state index in [0.29, 0.717) is 0 Å². The van der Waals surface area contributed by atoms with E-state index in [-0.39, 0.29) is 11.5 Å². The maximum atomic E-state index is 13.3. The fourth-order valence-electron chi connectivity index (χ4n) is 2.31. The Morgan fingerprint density at radius 2 is 1.94 bits per heavy atom. The standard InChI is InChI=1S/C13H19FN2/c1-9-6-16(7-10(9)2)8-11-3-4-13(15)12(14)5-11/h3-5,9-10H,6-8,15H2,1-2H3. The summed E-state index contributed by atoms with van der Waals surface area (Å²) >= 11 is 0. The molecule has 0 saturated carbocycles. The van der Waals surface area contributed by atoms with Gasteiger partial charge < -0.3 is 5.73 Å². The molecule has 16 heavy (non-hydrogen) atoms. The van der Waals surface area contributed by atoms with Crippen molar-refractivity contribution in [2.45, 2.75) is 20.4 Å². The Morgan fingerprint density at radius 3 is 2.50 bits per heavy atom. The third-order valence-electron chi connectivity index (χ3n) is 3.53. The van der Waals surface area contributed by atoms with Crippen molar-refractivity contribution in [3.8, 4) is 0 Å². The summed E-state index contributed by atoms with van der Waals surface area (Å²) < 4.78 is 13.3. The van der Waals surface area contributed by atoms with Crippen LogP contribution in [0.25, 0.3) is 0 Å². The molecule has 88 valence electrons. The largest absolute Gasteiger partial charge is 0.396 e. The average molecular weight is 222 g/mol. The van der Waals surface area contributed by atoms with Crippen LogP contribution in [-0.2, 0) is 6.54 Å². The van der Waals surface area contributed by atoms with Crippen molar-refractivity contribution in [3.05, 3.63) is 29.6 Å². The second-order valence-corrected chi connectivity index (χ2v) is 5.00. The highest BCUT2D eigenvalue weighted by Crippen LogP contribution is 2.24. The summed E-state index contributed by atoms with van der Waals surface area (Å²) in [5.41, 5.74) is 6.69. The molecule has 3 heteroatoms. The minimum atomic E-state index is -0.308. The zero-order chi connectivity index (χ0) is 11.7. The molecule has 2 atom stereocenters. The van der Waals surface area contributed by atoms with E-state index in [0.717, 1.165) is 37.0 Å². The quantitative estimate of drug-likeness (QED) is 0.779. The van der Waals surface area contributed by atoms with Crippen molar-refractivity contribution in [2.24, 2.45) is 11.8 Å². The Bertz CT molecular complexity index is 368. The molecule has 2 N–H and O–H groups in total. The summed E-state index contributed by atoms with van der Waals surface area (Å²) in [5.74, 6) is 1.16.